The molecule has 0 aliphatic heterocycles. The molecule has 0 amide bonds. The Morgan fingerprint density at radius 2 is 2.05 bits per heavy atom. The van der Waals surface area contributed by atoms with Crippen LogP contribution in [0.4, 0.5) is 0 Å². The SMILES string of the molecule is COc1ccc(OCC(O)CN(C)CC#N)c(C(C)(C)C)c1. The molecule has 22 heavy (non-hydrogen) atoms. The zero-order chi connectivity index (χ0) is 16.8. The topological polar surface area (TPSA) is 65.7 Å². The minimum atomic E-state index is -0.645. The summed E-state index contributed by atoms with van der Waals surface area (Å²) < 4.78 is 11.1. The summed E-state index contributed by atoms with van der Waals surface area (Å²) in [7, 11) is 3.43. The van der Waals surface area contributed by atoms with Crippen molar-refractivity contribution >= 4 is 0 Å². The van der Waals surface area contributed by atoms with E-state index in [2.05, 4.69) is 20.8 Å². The summed E-state index contributed by atoms with van der Waals surface area (Å²) in [5.41, 5.74) is 0.941. The summed E-state index contributed by atoms with van der Waals surface area (Å²) >= 11 is 0. The van der Waals surface area contributed by atoms with E-state index in [4.69, 9.17) is 14.7 Å². The Morgan fingerprint density at radius 1 is 1.36 bits per heavy atom. The molecule has 1 rings (SSSR count). The van der Waals surface area contributed by atoms with Crippen LogP contribution in [0.2, 0.25) is 0 Å². The van der Waals surface area contributed by atoms with E-state index in [0.717, 1.165) is 17.1 Å². The maximum Gasteiger partial charge on any atom is 0.123 e. The molecule has 122 valence electrons. The summed E-state index contributed by atoms with van der Waals surface area (Å²) in [6.45, 7) is 7.18. The first-order valence-corrected chi connectivity index (χ1v) is 7.32. The maximum atomic E-state index is 10.0. The van der Waals surface area contributed by atoms with Gasteiger partial charge in [0.25, 0.3) is 0 Å². The fraction of sp³-hybridized carbons (Fsp3) is 0.588. The van der Waals surface area contributed by atoms with Crippen LogP contribution in [0.1, 0.15) is 26.3 Å². The van der Waals surface area contributed by atoms with Gasteiger partial charge in [0, 0.05) is 12.1 Å². The van der Waals surface area contributed by atoms with Crippen LogP contribution in [0, 0.1) is 11.3 Å². The molecule has 0 aromatic heterocycles. The molecular formula is C17H26N2O3. The first-order valence-electron chi connectivity index (χ1n) is 7.32. The van der Waals surface area contributed by atoms with Gasteiger partial charge >= 0.3 is 0 Å². The van der Waals surface area contributed by atoms with Crippen molar-refractivity contribution in [3.8, 4) is 17.6 Å². The molecule has 1 unspecified atom stereocenters. The molecule has 0 saturated heterocycles. The van der Waals surface area contributed by atoms with E-state index in [1.807, 2.05) is 24.3 Å². The highest BCUT2D eigenvalue weighted by atomic mass is 16.5. The number of aliphatic hydroxyl groups excluding tert-OH is 1. The van der Waals surface area contributed by atoms with Crippen LogP contribution in [-0.4, -0.2) is 50.0 Å². The summed E-state index contributed by atoms with van der Waals surface area (Å²) in [6, 6.07) is 7.72. The van der Waals surface area contributed by atoms with Crippen LogP contribution < -0.4 is 9.47 Å². The average molecular weight is 306 g/mol. The Kier molecular flexibility index (Phi) is 6.66. The number of nitrogens with zero attached hydrogens (tertiary/aromatic N) is 2. The molecule has 5 heteroatoms. The molecule has 0 saturated carbocycles. The van der Waals surface area contributed by atoms with Crippen LogP contribution in [0.25, 0.3) is 0 Å². The first-order chi connectivity index (χ1) is 10.3. The van der Waals surface area contributed by atoms with Crippen molar-refractivity contribution in [1.82, 2.24) is 4.90 Å². The molecule has 1 aromatic rings. The Labute approximate surface area is 133 Å². The minimum Gasteiger partial charge on any atom is -0.497 e. The van der Waals surface area contributed by atoms with Crippen molar-refractivity contribution in [1.29, 1.82) is 5.26 Å². The lowest BCUT2D eigenvalue weighted by Crippen LogP contribution is -2.33. The molecule has 0 aliphatic carbocycles. The summed E-state index contributed by atoms with van der Waals surface area (Å²) in [4.78, 5) is 1.76. The number of nitriles is 1. The van der Waals surface area contributed by atoms with Crippen molar-refractivity contribution in [3.05, 3.63) is 23.8 Å². The monoisotopic (exact) mass is 306 g/mol. The molecule has 0 radical (unpaired) electrons. The van der Waals surface area contributed by atoms with Crippen molar-refractivity contribution < 1.29 is 14.6 Å². The molecule has 5 nitrogen and oxygen atoms in total. The summed E-state index contributed by atoms with van der Waals surface area (Å²) in [5, 5.41) is 18.6. The number of likely N-dealkylation sites (N-methyl/N-ethyl adjacent to an activating group) is 1. The van der Waals surface area contributed by atoms with Gasteiger partial charge < -0.3 is 14.6 Å². The lowest BCUT2D eigenvalue weighted by Gasteiger charge is -2.25. The van der Waals surface area contributed by atoms with Gasteiger partial charge in [0.1, 0.15) is 24.2 Å². The highest BCUT2D eigenvalue weighted by Gasteiger charge is 2.20. The van der Waals surface area contributed by atoms with Gasteiger partial charge in [-0.25, -0.2) is 0 Å². The number of aliphatic hydroxyl groups is 1. The number of benzene rings is 1. The van der Waals surface area contributed by atoms with E-state index in [0.29, 0.717) is 6.54 Å². The van der Waals surface area contributed by atoms with Gasteiger partial charge in [0.2, 0.25) is 0 Å². The quantitative estimate of drug-likeness (QED) is 0.782. The molecule has 1 atom stereocenters. The summed E-state index contributed by atoms with van der Waals surface area (Å²) in [5.74, 6) is 1.53. The Hall–Kier alpha value is -1.77. The van der Waals surface area contributed by atoms with Crippen molar-refractivity contribution in [2.75, 3.05) is 33.9 Å². The van der Waals surface area contributed by atoms with Crippen LogP contribution in [0.3, 0.4) is 0 Å². The molecule has 0 spiro atoms. The number of ether oxygens (including phenoxy) is 2. The van der Waals surface area contributed by atoms with Gasteiger partial charge in [-0.1, -0.05) is 20.8 Å². The Morgan fingerprint density at radius 3 is 2.59 bits per heavy atom. The molecule has 1 aromatic carbocycles. The van der Waals surface area contributed by atoms with Crippen LogP contribution in [0.15, 0.2) is 18.2 Å². The highest BCUT2D eigenvalue weighted by Crippen LogP contribution is 2.34. The molecule has 0 heterocycles. The van der Waals surface area contributed by atoms with Crippen molar-refractivity contribution in [2.45, 2.75) is 32.3 Å². The van der Waals surface area contributed by atoms with E-state index in [1.165, 1.54) is 0 Å². The minimum absolute atomic E-state index is 0.0908. The normalized spacial score (nSPS) is 12.8. The largest absolute Gasteiger partial charge is 0.497 e. The zero-order valence-electron chi connectivity index (χ0n) is 14.1. The number of methoxy groups -OCH3 is 1. The molecule has 0 bridgehead atoms. The number of hydrogen-bond donors (Lipinski definition) is 1. The van der Waals surface area contributed by atoms with Gasteiger partial charge in [-0.15, -0.1) is 0 Å². The lowest BCUT2D eigenvalue weighted by atomic mass is 9.86. The van der Waals surface area contributed by atoms with Gasteiger partial charge in [0.15, 0.2) is 0 Å². The first kappa shape index (κ1) is 18.3. The number of hydrogen-bond acceptors (Lipinski definition) is 5. The standard InChI is InChI=1S/C17H26N2O3/c1-17(2,3)15-10-14(21-5)6-7-16(15)22-12-13(20)11-19(4)9-8-18/h6-7,10,13,20H,9,11-12H2,1-5H3. The van der Waals surface area contributed by atoms with Gasteiger partial charge in [-0.05, 0) is 30.7 Å². The second-order valence-electron chi connectivity index (χ2n) is 6.43. The lowest BCUT2D eigenvalue weighted by molar-refractivity contribution is 0.0790. The van der Waals surface area contributed by atoms with Crippen LogP contribution >= 0.6 is 0 Å². The Bertz CT molecular complexity index is 518. The highest BCUT2D eigenvalue weighted by molar-refractivity contribution is 5.44. The zero-order valence-corrected chi connectivity index (χ0v) is 14.1. The summed E-state index contributed by atoms with van der Waals surface area (Å²) in [6.07, 6.45) is -0.645. The third-order valence-electron chi connectivity index (χ3n) is 3.29. The average Bonchev–Trinajstić information content (AvgIpc) is 2.44. The second-order valence-corrected chi connectivity index (χ2v) is 6.43. The maximum absolute atomic E-state index is 10.0. The van der Waals surface area contributed by atoms with Gasteiger partial charge in [-0.3, -0.25) is 4.90 Å². The van der Waals surface area contributed by atoms with E-state index in [-0.39, 0.29) is 18.6 Å². The fourth-order valence-electron chi connectivity index (χ4n) is 2.13. The van der Waals surface area contributed by atoms with E-state index < -0.39 is 6.10 Å². The Balaban J connectivity index is 2.75. The van der Waals surface area contributed by atoms with E-state index >= 15 is 0 Å². The van der Waals surface area contributed by atoms with Crippen molar-refractivity contribution in [3.63, 3.8) is 0 Å². The molecule has 1 N–H and O–H groups in total. The fourth-order valence-corrected chi connectivity index (χ4v) is 2.13. The number of rotatable bonds is 7. The molecule has 0 fully saturated rings. The smallest absolute Gasteiger partial charge is 0.123 e. The van der Waals surface area contributed by atoms with Crippen molar-refractivity contribution in [2.24, 2.45) is 0 Å². The van der Waals surface area contributed by atoms with Crippen LogP contribution in [-0.2, 0) is 5.41 Å². The predicted molar refractivity (Wildman–Crippen MR) is 86.3 cm³/mol. The third kappa shape index (κ3) is 5.55. The third-order valence-corrected chi connectivity index (χ3v) is 3.29. The van der Waals surface area contributed by atoms with Gasteiger partial charge in [0.05, 0.1) is 19.7 Å². The van der Waals surface area contributed by atoms with Gasteiger partial charge in [-0.2, -0.15) is 5.26 Å². The van der Waals surface area contributed by atoms with E-state index in [1.54, 1.807) is 19.1 Å². The second kappa shape index (κ2) is 8.02. The van der Waals surface area contributed by atoms with E-state index in [9.17, 15) is 5.11 Å². The predicted octanol–water partition coefficient (Wildman–Crippen LogP) is 2.19. The molecule has 0 aliphatic rings. The van der Waals surface area contributed by atoms with Crippen LogP contribution in [0.5, 0.6) is 11.5 Å². The molecular weight excluding hydrogens is 280 g/mol.